The molecule has 1 fully saturated rings. The van der Waals surface area contributed by atoms with Crippen LogP contribution in [0.15, 0.2) is 54.6 Å². The SMILES string of the molecule is COc1ccc(-n2nc3cc(C)c(NC(=O)c4ccc(N5CCCCC5)c([N+](=O)[O-])c4)cc3n2)cc1. The van der Waals surface area contributed by atoms with Gasteiger partial charge in [-0.3, -0.25) is 14.9 Å². The molecule has 3 aromatic carbocycles. The van der Waals surface area contributed by atoms with E-state index in [0.717, 1.165) is 49.4 Å². The third kappa shape index (κ3) is 4.57. The van der Waals surface area contributed by atoms with Gasteiger partial charge in [-0.1, -0.05) is 0 Å². The number of aryl methyl sites for hydroxylation is 1. The third-order valence-corrected chi connectivity index (χ3v) is 6.41. The Morgan fingerprint density at radius 1 is 1.00 bits per heavy atom. The number of hydrogen-bond donors (Lipinski definition) is 1. The second-order valence-corrected chi connectivity index (χ2v) is 8.81. The largest absolute Gasteiger partial charge is 0.497 e. The smallest absolute Gasteiger partial charge is 0.293 e. The number of nitro groups is 1. The van der Waals surface area contributed by atoms with Crippen LogP contribution in [0, 0.1) is 17.0 Å². The molecule has 36 heavy (non-hydrogen) atoms. The van der Waals surface area contributed by atoms with Gasteiger partial charge in [-0.15, -0.1) is 10.2 Å². The summed E-state index contributed by atoms with van der Waals surface area (Å²) in [6.07, 6.45) is 3.14. The first-order valence-corrected chi connectivity index (χ1v) is 11.8. The van der Waals surface area contributed by atoms with Gasteiger partial charge >= 0.3 is 0 Å². The summed E-state index contributed by atoms with van der Waals surface area (Å²) in [6.45, 7) is 3.43. The fraction of sp³-hybridized carbons (Fsp3) is 0.269. The Kier molecular flexibility index (Phi) is 6.24. The first kappa shape index (κ1) is 23.3. The van der Waals surface area contributed by atoms with Gasteiger partial charge in [0.05, 0.1) is 17.7 Å². The van der Waals surface area contributed by atoms with Crippen LogP contribution < -0.4 is 15.0 Å². The zero-order chi connectivity index (χ0) is 25.2. The summed E-state index contributed by atoms with van der Waals surface area (Å²) in [4.78, 5) is 28.0. The Bertz CT molecular complexity index is 1440. The third-order valence-electron chi connectivity index (χ3n) is 6.41. The van der Waals surface area contributed by atoms with Gasteiger partial charge in [0, 0.05) is 30.4 Å². The van der Waals surface area contributed by atoms with Crippen molar-refractivity contribution in [2.75, 3.05) is 30.4 Å². The lowest BCUT2D eigenvalue weighted by atomic mass is 10.1. The van der Waals surface area contributed by atoms with E-state index in [4.69, 9.17) is 4.74 Å². The molecule has 2 heterocycles. The zero-order valence-corrected chi connectivity index (χ0v) is 20.1. The maximum atomic E-state index is 13.1. The molecular weight excluding hydrogens is 460 g/mol. The number of carbonyl (C=O) groups is 1. The van der Waals surface area contributed by atoms with Gasteiger partial charge in [0.2, 0.25) is 0 Å². The number of hydrogen-bond acceptors (Lipinski definition) is 7. The van der Waals surface area contributed by atoms with Crippen molar-refractivity contribution in [2.45, 2.75) is 26.2 Å². The van der Waals surface area contributed by atoms with Crippen LogP contribution in [0.3, 0.4) is 0 Å². The van der Waals surface area contributed by atoms with Crippen LogP contribution in [0.1, 0.15) is 35.2 Å². The van der Waals surface area contributed by atoms with E-state index in [-0.39, 0.29) is 11.3 Å². The van der Waals surface area contributed by atoms with E-state index in [2.05, 4.69) is 15.5 Å². The number of benzene rings is 3. The molecule has 1 saturated heterocycles. The molecule has 5 rings (SSSR count). The molecule has 0 aliphatic carbocycles. The molecule has 1 aliphatic heterocycles. The second kappa shape index (κ2) is 9.65. The van der Waals surface area contributed by atoms with Crippen LogP contribution >= 0.6 is 0 Å². The minimum atomic E-state index is -0.423. The van der Waals surface area contributed by atoms with Gasteiger partial charge in [-0.2, -0.15) is 4.80 Å². The number of nitro benzene ring substituents is 1. The van der Waals surface area contributed by atoms with Gasteiger partial charge in [-0.05, 0) is 80.3 Å². The number of fused-ring (bicyclic) bond motifs is 1. The molecule has 0 radical (unpaired) electrons. The summed E-state index contributed by atoms with van der Waals surface area (Å²) < 4.78 is 5.20. The summed E-state index contributed by atoms with van der Waals surface area (Å²) in [5.41, 5.74) is 4.17. The van der Waals surface area contributed by atoms with E-state index in [1.54, 1.807) is 25.3 Å². The molecule has 0 saturated carbocycles. The average Bonchev–Trinajstić information content (AvgIpc) is 3.31. The van der Waals surface area contributed by atoms with Crippen molar-refractivity contribution in [3.8, 4) is 11.4 Å². The Morgan fingerprint density at radius 3 is 2.36 bits per heavy atom. The molecule has 184 valence electrons. The maximum Gasteiger partial charge on any atom is 0.293 e. The highest BCUT2D eigenvalue weighted by molar-refractivity contribution is 6.06. The minimum Gasteiger partial charge on any atom is -0.497 e. The van der Waals surface area contributed by atoms with E-state index >= 15 is 0 Å². The van der Waals surface area contributed by atoms with E-state index in [0.29, 0.717) is 22.4 Å². The predicted octanol–water partition coefficient (Wildman–Crippen LogP) is 4.89. The summed E-state index contributed by atoms with van der Waals surface area (Å²) in [6, 6.07) is 15.6. The number of nitrogens with zero attached hydrogens (tertiary/aromatic N) is 5. The molecule has 10 nitrogen and oxygen atoms in total. The lowest BCUT2D eigenvalue weighted by molar-refractivity contribution is -0.384. The van der Waals surface area contributed by atoms with Crippen LogP contribution in [0.2, 0.25) is 0 Å². The Labute approximate surface area is 207 Å². The second-order valence-electron chi connectivity index (χ2n) is 8.81. The molecule has 0 spiro atoms. The standard InChI is InChI=1S/C26H26N6O4/c1-17-14-22-23(29-31(28-22)19-7-9-20(36-2)10-8-19)16-21(17)27-26(33)18-6-11-24(25(15-18)32(34)35)30-12-4-3-5-13-30/h6-11,14-16H,3-5,12-13H2,1-2H3,(H,27,33). The normalized spacial score (nSPS) is 13.6. The number of amides is 1. The monoisotopic (exact) mass is 486 g/mol. The molecule has 1 amide bonds. The highest BCUT2D eigenvalue weighted by Crippen LogP contribution is 2.32. The van der Waals surface area contributed by atoms with Gasteiger partial charge in [-0.25, -0.2) is 0 Å². The van der Waals surface area contributed by atoms with Crippen LogP contribution in [0.25, 0.3) is 16.7 Å². The molecule has 4 aromatic rings. The first-order chi connectivity index (χ1) is 17.4. The molecule has 1 N–H and O–H groups in total. The lowest BCUT2D eigenvalue weighted by Crippen LogP contribution is -2.30. The van der Waals surface area contributed by atoms with Crippen molar-refractivity contribution in [1.82, 2.24) is 15.0 Å². The van der Waals surface area contributed by atoms with Gasteiger partial charge in [0.1, 0.15) is 22.5 Å². The minimum absolute atomic E-state index is 0.0563. The van der Waals surface area contributed by atoms with Gasteiger partial charge in [0.25, 0.3) is 11.6 Å². The average molecular weight is 487 g/mol. The first-order valence-electron chi connectivity index (χ1n) is 11.8. The molecule has 0 atom stereocenters. The Balaban J connectivity index is 1.40. The van der Waals surface area contributed by atoms with Crippen LogP contribution in [-0.2, 0) is 0 Å². The van der Waals surface area contributed by atoms with Crippen molar-refractivity contribution < 1.29 is 14.5 Å². The molecule has 0 bridgehead atoms. The number of piperidine rings is 1. The number of anilines is 2. The van der Waals surface area contributed by atoms with Crippen molar-refractivity contribution in [2.24, 2.45) is 0 Å². The number of rotatable bonds is 6. The number of ether oxygens (including phenoxy) is 1. The highest BCUT2D eigenvalue weighted by Gasteiger charge is 2.23. The van der Waals surface area contributed by atoms with Crippen molar-refractivity contribution in [3.63, 3.8) is 0 Å². The summed E-state index contributed by atoms with van der Waals surface area (Å²) in [5, 5.41) is 23.7. The van der Waals surface area contributed by atoms with Crippen molar-refractivity contribution >= 4 is 34.0 Å². The molecule has 10 heteroatoms. The van der Waals surface area contributed by atoms with Gasteiger partial charge < -0.3 is 15.0 Å². The lowest BCUT2D eigenvalue weighted by Gasteiger charge is -2.28. The van der Waals surface area contributed by atoms with Gasteiger partial charge in [0.15, 0.2) is 0 Å². The fourth-order valence-corrected chi connectivity index (χ4v) is 4.44. The number of methoxy groups -OCH3 is 1. The van der Waals surface area contributed by atoms with Crippen LogP contribution in [0.4, 0.5) is 17.1 Å². The highest BCUT2D eigenvalue weighted by atomic mass is 16.6. The zero-order valence-electron chi connectivity index (χ0n) is 20.1. The summed E-state index contributed by atoms with van der Waals surface area (Å²) in [5.74, 6) is 0.314. The van der Waals surface area contributed by atoms with E-state index < -0.39 is 10.8 Å². The topological polar surface area (TPSA) is 115 Å². The fourth-order valence-electron chi connectivity index (χ4n) is 4.44. The summed E-state index contributed by atoms with van der Waals surface area (Å²) >= 11 is 0. The molecular formula is C26H26N6O4. The number of nitrogens with one attached hydrogen (secondary N) is 1. The van der Waals surface area contributed by atoms with Crippen LogP contribution in [-0.4, -0.2) is 46.0 Å². The van der Waals surface area contributed by atoms with Crippen molar-refractivity contribution in [3.05, 3.63) is 75.8 Å². The van der Waals surface area contributed by atoms with E-state index in [1.807, 2.05) is 42.2 Å². The van der Waals surface area contributed by atoms with Crippen LogP contribution in [0.5, 0.6) is 5.75 Å². The molecule has 1 aromatic heterocycles. The van der Waals surface area contributed by atoms with Crippen molar-refractivity contribution in [1.29, 1.82) is 0 Å². The quantitative estimate of drug-likeness (QED) is 0.305. The Hall–Kier alpha value is -4.47. The Morgan fingerprint density at radius 2 is 1.69 bits per heavy atom. The number of aromatic nitrogens is 3. The number of carbonyl (C=O) groups excluding carboxylic acids is 1. The summed E-state index contributed by atoms with van der Waals surface area (Å²) in [7, 11) is 1.61. The predicted molar refractivity (Wildman–Crippen MR) is 137 cm³/mol. The van der Waals surface area contributed by atoms with E-state index in [1.165, 1.54) is 10.9 Å². The maximum absolute atomic E-state index is 13.1. The molecule has 1 aliphatic rings. The van der Waals surface area contributed by atoms with E-state index in [9.17, 15) is 14.9 Å². The molecule has 0 unspecified atom stereocenters.